The highest BCUT2D eigenvalue weighted by atomic mass is 35.5. The molecule has 3 heterocycles. The first-order chi connectivity index (χ1) is 10.4. The van der Waals surface area contributed by atoms with Crippen LogP contribution in [0, 0.1) is 17.3 Å². The predicted octanol–water partition coefficient (Wildman–Crippen LogP) is 2.48. The fraction of sp³-hybridized carbons (Fsp3) is 0.600. The highest BCUT2D eigenvalue weighted by Gasteiger charge is 2.61. The van der Waals surface area contributed by atoms with Gasteiger partial charge in [0.2, 0.25) is 5.91 Å². The molecule has 2 atom stereocenters. The number of hydrogen-bond donors (Lipinski definition) is 1. The monoisotopic (exact) mass is 347 g/mol. The molecule has 2 aliphatic heterocycles. The summed E-state index contributed by atoms with van der Waals surface area (Å²) in [5.41, 5.74) is -0.444. The number of piperidine rings is 2. The van der Waals surface area contributed by atoms with E-state index in [1.165, 1.54) is 6.07 Å². The molecular formula is C15H17ClF3N3O. The molecule has 1 amide bonds. The maximum atomic E-state index is 12.6. The van der Waals surface area contributed by atoms with Gasteiger partial charge in [-0.15, -0.1) is 12.4 Å². The van der Waals surface area contributed by atoms with Crippen LogP contribution in [0.1, 0.15) is 18.5 Å². The van der Waals surface area contributed by atoms with E-state index in [1.807, 2.05) is 0 Å². The average Bonchev–Trinajstić information content (AvgIpc) is 2.87. The normalized spacial score (nSPS) is 32.7. The zero-order valence-electron chi connectivity index (χ0n) is 12.3. The quantitative estimate of drug-likeness (QED) is 0.849. The molecule has 8 heteroatoms. The molecule has 23 heavy (non-hydrogen) atoms. The van der Waals surface area contributed by atoms with Gasteiger partial charge in [0, 0.05) is 18.4 Å². The fourth-order valence-electron chi connectivity index (χ4n) is 4.30. The molecule has 2 saturated heterocycles. The third-order valence-corrected chi connectivity index (χ3v) is 5.56. The molecule has 2 unspecified atom stereocenters. The Kier molecular flexibility index (Phi) is 3.84. The number of alkyl halides is 3. The number of carbonyl (C=O) groups is 1. The number of carbonyl (C=O) groups excluding carboxylic acids is 1. The van der Waals surface area contributed by atoms with Gasteiger partial charge < -0.3 is 10.2 Å². The third-order valence-electron chi connectivity index (χ3n) is 5.56. The first-order valence-corrected chi connectivity index (χ1v) is 7.44. The van der Waals surface area contributed by atoms with Gasteiger partial charge in [-0.3, -0.25) is 4.79 Å². The third kappa shape index (κ3) is 2.41. The number of rotatable bonds is 1. The van der Waals surface area contributed by atoms with E-state index >= 15 is 0 Å². The van der Waals surface area contributed by atoms with Crippen molar-refractivity contribution < 1.29 is 18.0 Å². The minimum atomic E-state index is -4.45. The first kappa shape index (κ1) is 16.5. The number of amides is 1. The van der Waals surface area contributed by atoms with E-state index in [0.29, 0.717) is 30.5 Å². The molecule has 0 radical (unpaired) electrons. The van der Waals surface area contributed by atoms with Crippen LogP contribution in [0.4, 0.5) is 18.9 Å². The Hall–Kier alpha value is -1.34. The van der Waals surface area contributed by atoms with Crippen LogP contribution in [0.25, 0.3) is 0 Å². The van der Waals surface area contributed by atoms with E-state index in [0.717, 1.165) is 31.8 Å². The molecule has 1 spiro atoms. The smallest absolute Gasteiger partial charge is 0.316 e. The van der Waals surface area contributed by atoms with Gasteiger partial charge in [0.25, 0.3) is 0 Å². The van der Waals surface area contributed by atoms with Crippen molar-refractivity contribution in [3.05, 3.63) is 24.0 Å². The van der Waals surface area contributed by atoms with Crippen LogP contribution in [0.2, 0.25) is 0 Å². The molecule has 3 aliphatic rings. The Balaban J connectivity index is 0.00000156. The van der Waals surface area contributed by atoms with Crippen molar-refractivity contribution in [2.75, 3.05) is 24.5 Å². The summed E-state index contributed by atoms with van der Waals surface area (Å²) < 4.78 is 37.7. The van der Waals surface area contributed by atoms with E-state index < -0.39 is 11.9 Å². The highest BCUT2D eigenvalue weighted by molar-refractivity contribution is 5.96. The molecule has 2 bridgehead atoms. The summed E-state index contributed by atoms with van der Waals surface area (Å²) in [6.45, 7) is 2.47. The zero-order valence-corrected chi connectivity index (χ0v) is 13.1. The lowest BCUT2D eigenvalue weighted by Crippen LogP contribution is -2.62. The van der Waals surface area contributed by atoms with Gasteiger partial charge in [0.05, 0.1) is 11.9 Å². The molecule has 1 saturated carbocycles. The van der Waals surface area contributed by atoms with E-state index in [4.69, 9.17) is 0 Å². The van der Waals surface area contributed by atoms with Crippen molar-refractivity contribution >= 4 is 24.0 Å². The molecule has 4 nitrogen and oxygen atoms in total. The zero-order chi connectivity index (χ0) is 15.5. The largest absolute Gasteiger partial charge is 0.433 e. The van der Waals surface area contributed by atoms with Crippen molar-refractivity contribution in [3.8, 4) is 0 Å². The van der Waals surface area contributed by atoms with Gasteiger partial charge in [-0.1, -0.05) is 0 Å². The van der Waals surface area contributed by atoms with Crippen LogP contribution in [-0.2, 0) is 11.0 Å². The van der Waals surface area contributed by atoms with E-state index in [2.05, 4.69) is 10.3 Å². The Morgan fingerprint density at radius 1 is 1.26 bits per heavy atom. The summed E-state index contributed by atoms with van der Waals surface area (Å²) in [6.07, 6.45) is -1.64. The van der Waals surface area contributed by atoms with Crippen molar-refractivity contribution in [2.45, 2.75) is 19.0 Å². The Morgan fingerprint density at radius 3 is 2.48 bits per heavy atom. The SMILES string of the molecule is Cl.O=C1CC2(CN1c1ccc(C(F)(F)F)nc1)C1CNCC2C1. The first-order valence-electron chi connectivity index (χ1n) is 7.44. The molecule has 4 rings (SSSR count). The molecule has 3 fully saturated rings. The van der Waals surface area contributed by atoms with Crippen LogP contribution < -0.4 is 10.2 Å². The van der Waals surface area contributed by atoms with Gasteiger partial charge in [0.15, 0.2) is 0 Å². The second-order valence-electron chi connectivity index (χ2n) is 6.58. The minimum Gasteiger partial charge on any atom is -0.316 e. The summed E-state index contributed by atoms with van der Waals surface area (Å²) in [5, 5.41) is 3.36. The number of hydrogen-bond acceptors (Lipinski definition) is 3. The van der Waals surface area contributed by atoms with Crippen molar-refractivity contribution in [1.29, 1.82) is 0 Å². The summed E-state index contributed by atoms with van der Waals surface area (Å²) in [5.74, 6) is 1.00. The second-order valence-corrected chi connectivity index (χ2v) is 6.58. The maximum Gasteiger partial charge on any atom is 0.433 e. The molecule has 1 aromatic rings. The van der Waals surface area contributed by atoms with Crippen molar-refractivity contribution in [2.24, 2.45) is 17.3 Å². The van der Waals surface area contributed by atoms with Crippen LogP contribution in [0.5, 0.6) is 0 Å². The van der Waals surface area contributed by atoms with E-state index in [-0.39, 0.29) is 23.7 Å². The lowest BCUT2D eigenvalue weighted by molar-refractivity contribution is -0.141. The maximum absolute atomic E-state index is 12.6. The molecule has 0 aromatic carbocycles. The minimum absolute atomic E-state index is 0. The van der Waals surface area contributed by atoms with Crippen LogP contribution >= 0.6 is 12.4 Å². The second kappa shape index (κ2) is 5.34. The van der Waals surface area contributed by atoms with Gasteiger partial charge >= 0.3 is 6.18 Å². The highest BCUT2D eigenvalue weighted by Crippen LogP contribution is 2.59. The summed E-state index contributed by atoms with van der Waals surface area (Å²) in [4.78, 5) is 17.4. The van der Waals surface area contributed by atoms with Gasteiger partial charge in [0.1, 0.15) is 5.69 Å². The van der Waals surface area contributed by atoms with Gasteiger partial charge in [-0.05, 0) is 43.5 Å². The number of pyridine rings is 1. The number of aromatic nitrogens is 1. The lowest BCUT2D eigenvalue weighted by atomic mass is 9.50. The Labute approximate surface area is 137 Å². The van der Waals surface area contributed by atoms with Crippen molar-refractivity contribution in [1.82, 2.24) is 10.3 Å². The molecule has 126 valence electrons. The lowest BCUT2D eigenvalue weighted by Gasteiger charge is -2.57. The van der Waals surface area contributed by atoms with Crippen molar-refractivity contribution in [3.63, 3.8) is 0 Å². The Bertz CT molecular complexity index is 605. The number of nitrogens with one attached hydrogen (secondary N) is 1. The number of anilines is 1. The summed E-state index contributed by atoms with van der Waals surface area (Å²) in [7, 11) is 0. The molecule has 1 N–H and O–H groups in total. The standard InChI is InChI=1S/C15H16F3N3O.ClH/c16-15(17,18)12-2-1-11(7-20-12)21-8-14(4-13(21)22)9-3-10(14)6-19-5-9;/h1-2,7,9-10,19H,3-6,8H2;1H. The van der Waals surface area contributed by atoms with E-state index in [1.54, 1.807) is 4.90 Å². The molecular weight excluding hydrogens is 331 g/mol. The fourth-order valence-corrected chi connectivity index (χ4v) is 4.30. The van der Waals surface area contributed by atoms with E-state index in [9.17, 15) is 18.0 Å². The molecule has 1 aromatic heterocycles. The number of halogens is 4. The molecule has 1 aliphatic carbocycles. The van der Waals surface area contributed by atoms with Gasteiger partial charge in [-0.25, -0.2) is 4.98 Å². The number of nitrogens with zero attached hydrogens (tertiary/aromatic N) is 2. The van der Waals surface area contributed by atoms with Gasteiger partial charge in [-0.2, -0.15) is 13.2 Å². The Morgan fingerprint density at radius 2 is 1.96 bits per heavy atom. The van der Waals surface area contributed by atoms with Crippen LogP contribution in [0.15, 0.2) is 18.3 Å². The average molecular weight is 348 g/mol. The van der Waals surface area contributed by atoms with Crippen LogP contribution in [0.3, 0.4) is 0 Å². The summed E-state index contributed by atoms with van der Waals surface area (Å²) >= 11 is 0. The predicted molar refractivity (Wildman–Crippen MR) is 80.4 cm³/mol. The topological polar surface area (TPSA) is 45.2 Å². The summed E-state index contributed by atoms with van der Waals surface area (Å²) in [6, 6.07) is 2.29. The van der Waals surface area contributed by atoms with Crippen LogP contribution in [-0.4, -0.2) is 30.5 Å².